The van der Waals surface area contributed by atoms with Gasteiger partial charge in [-0.2, -0.15) is 13.2 Å². The Kier molecular flexibility index (Phi) is 4.76. The summed E-state index contributed by atoms with van der Waals surface area (Å²) in [7, 11) is 0. The summed E-state index contributed by atoms with van der Waals surface area (Å²) in [5.74, 6) is -0.677. The molecule has 0 saturated carbocycles. The van der Waals surface area contributed by atoms with Crippen molar-refractivity contribution >= 4 is 22.6 Å². The molecule has 6 heteroatoms. The Bertz CT molecular complexity index is 1190. The lowest BCUT2D eigenvalue weighted by Crippen LogP contribution is -2.20. The molecular formula is C23H15F3N2O. The van der Waals surface area contributed by atoms with E-state index >= 15 is 0 Å². The Labute approximate surface area is 164 Å². The Morgan fingerprint density at radius 2 is 1.52 bits per heavy atom. The number of amides is 1. The van der Waals surface area contributed by atoms with Crippen LogP contribution in [0.1, 0.15) is 15.9 Å². The fourth-order valence-corrected chi connectivity index (χ4v) is 3.21. The van der Waals surface area contributed by atoms with Crippen LogP contribution < -0.4 is 5.32 Å². The van der Waals surface area contributed by atoms with Crippen LogP contribution in [0.15, 0.2) is 84.9 Å². The van der Waals surface area contributed by atoms with Crippen LogP contribution in [0.3, 0.4) is 0 Å². The number of nitrogens with one attached hydrogen (secondary N) is 1. The molecule has 4 aromatic rings. The van der Waals surface area contributed by atoms with Crippen LogP contribution in [0.2, 0.25) is 0 Å². The maximum Gasteiger partial charge on any atom is 0.417 e. The number of carbonyl (C=O) groups is 1. The van der Waals surface area contributed by atoms with Crippen LogP contribution in [-0.4, -0.2) is 10.9 Å². The standard InChI is InChI=1S/C23H15F3N2O/c24-23(25,26)18-11-6-10-17(15-7-2-1-3-8-15)21(18)22(29)28-20-14-13-16-9-4-5-12-19(16)27-20/h1-14H,(H,27,28,29). The SMILES string of the molecule is O=C(Nc1ccc2ccccc2n1)c1c(-c2ccccc2)cccc1C(F)(F)F. The molecule has 144 valence electrons. The van der Waals surface area contributed by atoms with Gasteiger partial charge >= 0.3 is 6.18 Å². The van der Waals surface area contributed by atoms with Crippen molar-refractivity contribution in [2.45, 2.75) is 6.18 Å². The first kappa shape index (κ1) is 18.7. The van der Waals surface area contributed by atoms with Crippen LogP contribution in [-0.2, 0) is 6.18 Å². The third-order valence-corrected chi connectivity index (χ3v) is 4.52. The van der Waals surface area contributed by atoms with Gasteiger partial charge in [0.2, 0.25) is 0 Å². The molecular weight excluding hydrogens is 377 g/mol. The van der Waals surface area contributed by atoms with Crippen molar-refractivity contribution in [3.8, 4) is 11.1 Å². The zero-order valence-electron chi connectivity index (χ0n) is 15.1. The number of hydrogen-bond donors (Lipinski definition) is 1. The molecule has 0 saturated heterocycles. The number of fused-ring (bicyclic) bond motifs is 1. The van der Waals surface area contributed by atoms with E-state index in [-0.39, 0.29) is 11.4 Å². The maximum atomic E-state index is 13.7. The van der Waals surface area contributed by atoms with E-state index in [0.717, 1.165) is 11.5 Å². The molecule has 0 spiro atoms. The van der Waals surface area contributed by atoms with Gasteiger partial charge in [-0.25, -0.2) is 4.98 Å². The predicted octanol–water partition coefficient (Wildman–Crippen LogP) is 6.17. The first-order valence-electron chi connectivity index (χ1n) is 8.86. The third-order valence-electron chi connectivity index (χ3n) is 4.52. The Hall–Kier alpha value is -3.67. The number of pyridine rings is 1. The van der Waals surface area contributed by atoms with Crippen molar-refractivity contribution in [2.24, 2.45) is 0 Å². The number of nitrogens with zero attached hydrogens (tertiary/aromatic N) is 1. The molecule has 3 nitrogen and oxygen atoms in total. The van der Waals surface area contributed by atoms with Gasteiger partial charge in [-0.1, -0.05) is 60.7 Å². The van der Waals surface area contributed by atoms with Crippen molar-refractivity contribution in [3.63, 3.8) is 0 Å². The Balaban J connectivity index is 1.80. The lowest BCUT2D eigenvalue weighted by atomic mass is 9.94. The molecule has 0 radical (unpaired) electrons. The van der Waals surface area contributed by atoms with E-state index in [1.54, 1.807) is 54.6 Å². The number of para-hydroxylation sites is 1. The summed E-state index contributed by atoms with van der Waals surface area (Å²) in [5, 5.41) is 3.39. The Morgan fingerprint density at radius 1 is 0.793 bits per heavy atom. The van der Waals surface area contributed by atoms with Crippen LogP contribution in [0.5, 0.6) is 0 Å². The zero-order valence-corrected chi connectivity index (χ0v) is 15.1. The summed E-state index contributed by atoms with van der Waals surface area (Å²) >= 11 is 0. The van der Waals surface area contributed by atoms with E-state index in [1.807, 2.05) is 12.1 Å². The molecule has 0 aliphatic carbocycles. The monoisotopic (exact) mass is 392 g/mol. The van der Waals surface area contributed by atoms with Crippen molar-refractivity contribution in [2.75, 3.05) is 5.32 Å². The van der Waals surface area contributed by atoms with Gasteiger partial charge in [-0.15, -0.1) is 0 Å². The highest BCUT2D eigenvalue weighted by Gasteiger charge is 2.36. The average Bonchev–Trinajstić information content (AvgIpc) is 2.73. The summed E-state index contributed by atoms with van der Waals surface area (Å²) in [6.45, 7) is 0. The summed E-state index contributed by atoms with van der Waals surface area (Å²) < 4.78 is 41.0. The summed E-state index contributed by atoms with van der Waals surface area (Å²) in [6, 6.07) is 22.8. The van der Waals surface area contributed by atoms with Gasteiger partial charge in [0.1, 0.15) is 5.82 Å². The largest absolute Gasteiger partial charge is 0.417 e. The van der Waals surface area contributed by atoms with E-state index < -0.39 is 23.2 Å². The lowest BCUT2D eigenvalue weighted by molar-refractivity contribution is -0.137. The molecule has 1 amide bonds. The highest BCUT2D eigenvalue weighted by molar-refractivity contribution is 6.10. The van der Waals surface area contributed by atoms with E-state index in [2.05, 4.69) is 10.3 Å². The van der Waals surface area contributed by atoms with Gasteiger partial charge in [0, 0.05) is 5.39 Å². The number of hydrogen-bond acceptors (Lipinski definition) is 2. The number of rotatable bonds is 3. The van der Waals surface area contributed by atoms with Gasteiger partial charge in [-0.3, -0.25) is 4.79 Å². The summed E-state index contributed by atoms with van der Waals surface area (Å²) in [5.41, 5.74) is -0.0510. The number of alkyl halides is 3. The minimum Gasteiger partial charge on any atom is -0.307 e. The van der Waals surface area contributed by atoms with E-state index in [1.165, 1.54) is 12.1 Å². The lowest BCUT2D eigenvalue weighted by Gasteiger charge is -2.17. The van der Waals surface area contributed by atoms with Gasteiger partial charge in [0.25, 0.3) is 5.91 Å². The first-order chi connectivity index (χ1) is 13.9. The molecule has 3 aromatic carbocycles. The summed E-state index contributed by atoms with van der Waals surface area (Å²) in [6.07, 6.45) is -4.67. The van der Waals surface area contributed by atoms with Crippen LogP contribution in [0, 0.1) is 0 Å². The van der Waals surface area contributed by atoms with Crippen molar-refractivity contribution in [3.05, 3.63) is 96.1 Å². The summed E-state index contributed by atoms with van der Waals surface area (Å²) in [4.78, 5) is 17.3. The fourth-order valence-electron chi connectivity index (χ4n) is 3.21. The van der Waals surface area contributed by atoms with Crippen molar-refractivity contribution < 1.29 is 18.0 Å². The number of benzene rings is 3. The number of halogens is 3. The number of anilines is 1. The topological polar surface area (TPSA) is 42.0 Å². The second-order valence-electron chi connectivity index (χ2n) is 6.44. The highest BCUT2D eigenvalue weighted by Crippen LogP contribution is 2.37. The normalized spacial score (nSPS) is 11.4. The minimum absolute atomic E-state index is 0.185. The minimum atomic E-state index is -4.67. The molecule has 1 N–H and O–H groups in total. The molecule has 0 aliphatic heterocycles. The van der Waals surface area contributed by atoms with Crippen molar-refractivity contribution in [1.82, 2.24) is 4.98 Å². The molecule has 4 rings (SSSR count). The molecule has 1 aromatic heterocycles. The molecule has 29 heavy (non-hydrogen) atoms. The predicted molar refractivity (Wildman–Crippen MR) is 107 cm³/mol. The molecule has 0 bridgehead atoms. The highest BCUT2D eigenvalue weighted by atomic mass is 19.4. The second-order valence-corrected chi connectivity index (χ2v) is 6.44. The molecule has 1 heterocycles. The molecule has 0 atom stereocenters. The number of aromatic nitrogens is 1. The van der Waals surface area contributed by atoms with Crippen LogP contribution >= 0.6 is 0 Å². The molecule has 0 aliphatic rings. The van der Waals surface area contributed by atoms with Gasteiger partial charge in [-0.05, 0) is 35.4 Å². The number of carbonyl (C=O) groups excluding carboxylic acids is 1. The molecule has 0 fully saturated rings. The van der Waals surface area contributed by atoms with E-state index in [4.69, 9.17) is 0 Å². The second kappa shape index (κ2) is 7.39. The van der Waals surface area contributed by atoms with Crippen molar-refractivity contribution in [1.29, 1.82) is 0 Å². The van der Waals surface area contributed by atoms with Gasteiger partial charge in [0.05, 0.1) is 16.6 Å². The average molecular weight is 392 g/mol. The smallest absolute Gasteiger partial charge is 0.307 e. The quantitative estimate of drug-likeness (QED) is 0.453. The third kappa shape index (κ3) is 3.82. The van der Waals surface area contributed by atoms with Crippen LogP contribution in [0.25, 0.3) is 22.0 Å². The van der Waals surface area contributed by atoms with Gasteiger partial charge < -0.3 is 5.32 Å². The first-order valence-corrected chi connectivity index (χ1v) is 8.86. The molecule has 0 unspecified atom stereocenters. The maximum absolute atomic E-state index is 13.7. The Morgan fingerprint density at radius 3 is 2.28 bits per heavy atom. The van der Waals surface area contributed by atoms with E-state index in [0.29, 0.717) is 11.1 Å². The zero-order chi connectivity index (χ0) is 20.4. The van der Waals surface area contributed by atoms with E-state index in [9.17, 15) is 18.0 Å². The fraction of sp³-hybridized carbons (Fsp3) is 0.0435. The van der Waals surface area contributed by atoms with Gasteiger partial charge in [0.15, 0.2) is 0 Å². The van der Waals surface area contributed by atoms with Crippen LogP contribution in [0.4, 0.5) is 19.0 Å².